The summed E-state index contributed by atoms with van der Waals surface area (Å²) in [6.07, 6.45) is 1.24. The van der Waals surface area contributed by atoms with Gasteiger partial charge in [0.15, 0.2) is 0 Å². The van der Waals surface area contributed by atoms with E-state index in [-0.39, 0.29) is 0 Å². The smallest absolute Gasteiger partial charge is 0.106 e. The summed E-state index contributed by atoms with van der Waals surface area (Å²) in [7, 11) is 0. The van der Waals surface area contributed by atoms with E-state index in [1.54, 1.807) is 0 Å². The van der Waals surface area contributed by atoms with Gasteiger partial charge in [-0.2, -0.15) is 0 Å². The number of para-hydroxylation sites is 1. The molecule has 0 amide bonds. The van der Waals surface area contributed by atoms with Crippen LogP contribution in [0.15, 0.2) is 18.2 Å². The predicted octanol–water partition coefficient (Wildman–Crippen LogP) is 2.85. The predicted molar refractivity (Wildman–Crippen MR) is 57.5 cm³/mol. The lowest BCUT2D eigenvalue weighted by Crippen LogP contribution is -2.11. The molecule has 3 rings (SSSR count). The average Bonchev–Trinajstić information content (AvgIpc) is 2.50. The fourth-order valence-electron chi connectivity index (χ4n) is 2.48. The molecule has 1 aromatic heterocycles. The molecule has 0 radical (unpaired) electrons. The Morgan fingerprint density at radius 2 is 2.29 bits per heavy atom. The Bertz CT molecular complexity index is 496. The summed E-state index contributed by atoms with van der Waals surface area (Å²) in [6.45, 7) is 5.53. The summed E-state index contributed by atoms with van der Waals surface area (Å²) in [5, 5.41) is 0. The van der Waals surface area contributed by atoms with E-state index in [9.17, 15) is 0 Å². The molecular weight excluding hydrogens is 172 g/mol. The van der Waals surface area contributed by atoms with E-state index in [0.717, 1.165) is 17.9 Å². The van der Waals surface area contributed by atoms with Gasteiger partial charge in [-0.15, -0.1) is 0 Å². The number of benzene rings is 1. The Kier molecular flexibility index (Phi) is 1.49. The minimum Gasteiger partial charge on any atom is -0.328 e. The van der Waals surface area contributed by atoms with Crippen LogP contribution in [-0.4, -0.2) is 9.55 Å². The van der Waals surface area contributed by atoms with Gasteiger partial charge < -0.3 is 4.57 Å². The zero-order valence-electron chi connectivity index (χ0n) is 8.62. The molecular formula is C12H14N2. The lowest BCUT2D eigenvalue weighted by molar-refractivity contribution is 0.551. The molecule has 14 heavy (non-hydrogen) atoms. The summed E-state index contributed by atoms with van der Waals surface area (Å²) in [5.74, 6) is 1.83. The first-order chi connectivity index (χ1) is 6.77. The van der Waals surface area contributed by atoms with Crippen molar-refractivity contribution in [1.29, 1.82) is 0 Å². The summed E-state index contributed by atoms with van der Waals surface area (Å²) in [6, 6.07) is 6.47. The van der Waals surface area contributed by atoms with Gasteiger partial charge in [0.2, 0.25) is 0 Å². The largest absolute Gasteiger partial charge is 0.328 e. The van der Waals surface area contributed by atoms with Gasteiger partial charge in [0.25, 0.3) is 0 Å². The topological polar surface area (TPSA) is 17.8 Å². The normalized spacial score (nSPS) is 20.3. The first-order valence-corrected chi connectivity index (χ1v) is 5.23. The van der Waals surface area contributed by atoms with Crippen LogP contribution in [0.1, 0.15) is 30.7 Å². The monoisotopic (exact) mass is 186 g/mol. The van der Waals surface area contributed by atoms with Crippen LogP contribution < -0.4 is 0 Å². The molecule has 0 aliphatic carbocycles. The maximum absolute atomic E-state index is 4.58. The van der Waals surface area contributed by atoms with Gasteiger partial charge in [-0.05, 0) is 30.9 Å². The Balaban J connectivity index is 2.47. The molecule has 0 bridgehead atoms. The average molecular weight is 186 g/mol. The van der Waals surface area contributed by atoms with Crippen molar-refractivity contribution in [2.24, 2.45) is 0 Å². The van der Waals surface area contributed by atoms with Gasteiger partial charge in [0, 0.05) is 6.54 Å². The molecule has 1 aliphatic heterocycles. The van der Waals surface area contributed by atoms with Crippen molar-refractivity contribution in [3.63, 3.8) is 0 Å². The molecule has 2 heteroatoms. The van der Waals surface area contributed by atoms with Crippen molar-refractivity contribution < 1.29 is 0 Å². The van der Waals surface area contributed by atoms with E-state index in [1.807, 2.05) is 0 Å². The Morgan fingerprint density at radius 3 is 3.14 bits per heavy atom. The molecule has 0 saturated heterocycles. The highest BCUT2D eigenvalue weighted by Crippen LogP contribution is 2.33. The molecule has 2 nitrogen and oxygen atoms in total. The molecule has 2 heterocycles. The highest BCUT2D eigenvalue weighted by Gasteiger charge is 2.20. The van der Waals surface area contributed by atoms with Crippen LogP contribution in [0.2, 0.25) is 0 Å². The third kappa shape index (κ3) is 0.884. The third-order valence-electron chi connectivity index (χ3n) is 3.31. The molecule has 1 aliphatic rings. The van der Waals surface area contributed by atoms with Gasteiger partial charge >= 0.3 is 0 Å². The summed E-state index contributed by atoms with van der Waals surface area (Å²) >= 11 is 0. The van der Waals surface area contributed by atoms with Crippen molar-refractivity contribution in [1.82, 2.24) is 9.55 Å². The SMILES string of the molecule is Cc1nc2cccc3c2n1CC[C@@H]3C. The second-order valence-electron chi connectivity index (χ2n) is 4.22. The van der Waals surface area contributed by atoms with Gasteiger partial charge in [0.05, 0.1) is 11.0 Å². The molecule has 1 aromatic carbocycles. The van der Waals surface area contributed by atoms with E-state index in [2.05, 4.69) is 41.6 Å². The minimum absolute atomic E-state index is 0.683. The second-order valence-corrected chi connectivity index (χ2v) is 4.22. The van der Waals surface area contributed by atoms with E-state index < -0.39 is 0 Å². The Labute approximate surface area is 83.6 Å². The van der Waals surface area contributed by atoms with Crippen LogP contribution in [0.5, 0.6) is 0 Å². The van der Waals surface area contributed by atoms with Crippen LogP contribution in [0, 0.1) is 6.92 Å². The maximum atomic E-state index is 4.58. The zero-order chi connectivity index (χ0) is 9.71. The van der Waals surface area contributed by atoms with Crippen LogP contribution in [0.4, 0.5) is 0 Å². The number of nitrogens with zero attached hydrogens (tertiary/aromatic N) is 2. The molecule has 0 unspecified atom stereocenters. The van der Waals surface area contributed by atoms with Crippen molar-refractivity contribution >= 4 is 11.0 Å². The number of hydrogen-bond acceptors (Lipinski definition) is 1. The lowest BCUT2D eigenvalue weighted by atomic mass is 9.94. The fraction of sp³-hybridized carbons (Fsp3) is 0.417. The number of aromatic nitrogens is 2. The summed E-state index contributed by atoms with van der Waals surface area (Å²) in [4.78, 5) is 4.58. The maximum Gasteiger partial charge on any atom is 0.106 e. The Morgan fingerprint density at radius 1 is 1.43 bits per heavy atom. The molecule has 0 spiro atoms. The quantitative estimate of drug-likeness (QED) is 0.618. The number of hydrogen-bond donors (Lipinski definition) is 0. The highest BCUT2D eigenvalue weighted by atomic mass is 15.1. The highest BCUT2D eigenvalue weighted by molar-refractivity contribution is 5.80. The third-order valence-corrected chi connectivity index (χ3v) is 3.31. The first kappa shape index (κ1) is 8.04. The molecule has 0 fully saturated rings. The first-order valence-electron chi connectivity index (χ1n) is 5.23. The summed E-state index contributed by atoms with van der Waals surface area (Å²) < 4.78 is 2.35. The lowest BCUT2D eigenvalue weighted by Gasteiger charge is -2.21. The second kappa shape index (κ2) is 2.59. The van der Waals surface area contributed by atoms with Crippen molar-refractivity contribution in [2.75, 3.05) is 0 Å². The standard InChI is InChI=1S/C12H14N2/c1-8-6-7-14-9(2)13-11-5-3-4-10(8)12(11)14/h3-5,8H,6-7H2,1-2H3/t8-/m0/s1. The zero-order valence-corrected chi connectivity index (χ0v) is 8.62. The molecule has 0 saturated carbocycles. The summed E-state index contributed by atoms with van der Waals surface area (Å²) in [5.41, 5.74) is 3.99. The van der Waals surface area contributed by atoms with Crippen LogP contribution in [0.3, 0.4) is 0 Å². The molecule has 0 N–H and O–H groups in total. The van der Waals surface area contributed by atoms with Crippen LogP contribution in [0.25, 0.3) is 11.0 Å². The van der Waals surface area contributed by atoms with E-state index in [1.165, 1.54) is 17.5 Å². The minimum atomic E-state index is 0.683. The van der Waals surface area contributed by atoms with E-state index in [4.69, 9.17) is 0 Å². The van der Waals surface area contributed by atoms with Gasteiger partial charge in [-0.1, -0.05) is 19.1 Å². The number of rotatable bonds is 0. The van der Waals surface area contributed by atoms with Gasteiger partial charge in [-0.25, -0.2) is 4.98 Å². The van der Waals surface area contributed by atoms with E-state index in [0.29, 0.717) is 5.92 Å². The van der Waals surface area contributed by atoms with Crippen LogP contribution >= 0.6 is 0 Å². The van der Waals surface area contributed by atoms with E-state index >= 15 is 0 Å². The van der Waals surface area contributed by atoms with Crippen molar-refractivity contribution in [2.45, 2.75) is 32.7 Å². The molecule has 72 valence electrons. The van der Waals surface area contributed by atoms with Crippen molar-refractivity contribution in [3.05, 3.63) is 29.6 Å². The van der Waals surface area contributed by atoms with Crippen molar-refractivity contribution in [3.8, 4) is 0 Å². The number of aryl methyl sites for hydroxylation is 2. The molecule has 1 atom stereocenters. The van der Waals surface area contributed by atoms with Gasteiger partial charge in [0.1, 0.15) is 5.82 Å². The number of imidazole rings is 1. The fourth-order valence-corrected chi connectivity index (χ4v) is 2.48. The van der Waals surface area contributed by atoms with Crippen LogP contribution in [-0.2, 0) is 6.54 Å². The molecule has 2 aromatic rings. The van der Waals surface area contributed by atoms with Gasteiger partial charge in [-0.3, -0.25) is 0 Å². The Hall–Kier alpha value is -1.31.